The van der Waals surface area contributed by atoms with Crippen LogP contribution in [0.4, 0.5) is 18.9 Å². The van der Waals surface area contributed by atoms with Gasteiger partial charge in [-0.15, -0.1) is 0 Å². The number of hydrogen-bond acceptors (Lipinski definition) is 3. The van der Waals surface area contributed by atoms with E-state index in [2.05, 4.69) is 15.5 Å². The Labute approximate surface area is 180 Å². The van der Waals surface area contributed by atoms with Crippen LogP contribution in [-0.4, -0.2) is 25.5 Å². The van der Waals surface area contributed by atoms with Crippen molar-refractivity contribution in [2.24, 2.45) is 0 Å². The van der Waals surface area contributed by atoms with Crippen LogP contribution in [0.25, 0.3) is 0 Å². The smallest absolute Gasteiger partial charge is 0.283 e. The van der Waals surface area contributed by atoms with E-state index in [0.717, 1.165) is 4.68 Å². The van der Waals surface area contributed by atoms with Crippen LogP contribution in [0.5, 0.6) is 0 Å². The van der Waals surface area contributed by atoms with E-state index >= 15 is 0 Å². The number of aromatic nitrogens is 4. The first-order valence-corrected chi connectivity index (χ1v) is 9.62. The monoisotopic (exact) mass is 459 g/mol. The van der Waals surface area contributed by atoms with Crippen LogP contribution < -0.4 is 5.32 Å². The van der Waals surface area contributed by atoms with Crippen LogP contribution in [0.15, 0.2) is 18.2 Å². The van der Waals surface area contributed by atoms with Crippen LogP contribution in [0.2, 0.25) is 10.0 Å². The van der Waals surface area contributed by atoms with Gasteiger partial charge < -0.3 is 5.32 Å². The Morgan fingerprint density at radius 1 is 1.13 bits per heavy atom. The molecule has 2 aromatic heterocycles. The number of halogens is 5. The first-order valence-electron chi connectivity index (χ1n) is 8.87. The maximum Gasteiger partial charge on any atom is 0.283 e. The minimum absolute atomic E-state index is 0.158. The Balaban J connectivity index is 1.77. The van der Waals surface area contributed by atoms with Gasteiger partial charge in [-0.25, -0.2) is 13.2 Å². The van der Waals surface area contributed by atoms with E-state index in [4.69, 9.17) is 23.2 Å². The lowest BCUT2D eigenvalue weighted by atomic mass is 10.2. The van der Waals surface area contributed by atoms with Gasteiger partial charge in [-0.3, -0.25) is 14.2 Å². The van der Waals surface area contributed by atoms with Gasteiger partial charge in [0, 0.05) is 5.02 Å². The highest BCUT2D eigenvalue weighted by atomic mass is 35.5. The molecule has 0 bridgehead atoms. The second kappa shape index (κ2) is 8.69. The predicted octanol–water partition coefficient (Wildman–Crippen LogP) is 5.08. The first kappa shape index (κ1) is 22.2. The summed E-state index contributed by atoms with van der Waals surface area (Å²) in [5.41, 5.74) is 2.09. The SMILES string of the molecule is Cc1nn(Cc2ccc(F)cc2Cl)c(C)c1NC(=O)Cn1nc(C(F)F)c(Cl)c1C. The fraction of sp³-hybridized carbons (Fsp3) is 0.316. The molecule has 0 spiro atoms. The minimum atomic E-state index is -2.83. The molecule has 0 saturated carbocycles. The molecule has 6 nitrogen and oxygen atoms in total. The van der Waals surface area contributed by atoms with Gasteiger partial charge in [0.2, 0.25) is 5.91 Å². The van der Waals surface area contributed by atoms with Crippen molar-refractivity contribution >= 4 is 34.8 Å². The van der Waals surface area contributed by atoms with Crippen molar-refractivity contribution in [2.45, 2.75) is 40.3 Å². The molecule has 0 saturated heterocycles. The summed E-state index contributed by atoms with van der Waals surface area (Å²) in [6, 6.07) is 4.09. The highest BCUT2D eigenvalue weighted by Crippen LogP contribution is 2.29. The number of benzene rings is 1. The normalized spacial score (nSPS) is 11.4. The van der Waals surface area contributed by atoms with Crippen LogP contribution in [-0.2, 0) is 17.9 Å². The van der Waals surface area contributed by atoms with E-state index in [1.807, 2.05) is 0 Å². The molecule has 3 rings (SSSR count). The fourth-order valence-corrected chi connectivity index (χ4v) is 3.44. The van der Waals surface area contributed by atoms with Gasteiger partial charge in [-0.2, -0.15) is 10.2 Å². The van der Waals surface area contributed by atoms with Gasteiger partial charge in [-0.05, 0) is 38.5 Å². The van der Waals surface area contributed by atoms with Crippen molar-refractivity contribution in [3.8, 4) is 0 Å². The molecule has 0 aliphatic rings. The van der Waals surface area contributed by atoms with Crippen LogP contribution in [0, 0.1) is 26.6 Å². The van der Waals surface area contributed by atoms with E-state index in [0.29, 0.717) is 22.6 Å². The summed E-state index contributed by atoms with van der Waals surface area (Å²) in [7, 11) is 0. The van der Waals surface area contributed by atoms with Crippen molar-refractivity contribution in [1.82, 2.24) is 19.6 Å². The Morgan fingerprint density at radius 2 is 1.83 bits per heavy atom. The Kier molecular flexibility index (Phi) is 6.42. The number of carbonyl (C=O) groups is 1. The van der Waals surface area contributed by atoms with Gasteiger partial charge in [0.05, 0.1) is 34.3 Å². The molecule has 0 unspecified atom stereocenters. The number of carbonyl (C=O) groups excluding carboxylic acids is 1. The Morgan fingerprint density at radius 3 is 2.43 bits per heavy atom. The summed E-state index contributed by atoms with van der Waals surface area (Å²) in [4.78, 5) is 12.5. The molecule has 1 aromatic carbocycles. The number of nitrogens with one attached hydrogen (secondary N) is 1. The second-order valence-electron chi connectivity index (χ2n) is 6.73. The van der Waals surface area contributed by atoms with Gasteiger partial charge in [0.1, 0.15) is 18.1 Å². The third kappa shape index (κ3) is 4.46. The van der Waals surface area contributed by atoms with E-state index in [9.17, 15) is 18.0 Å². The molecule has 160 valence electrons. The standard InChI is InChI=1S/C19H18Cl2F3N5O/c1-9-17(11(3)28(26-9)7-12-4-5-13(22)6-14(12)20)25-15(30)8-29-10(2)16(21)18(27-29)19(23)24/h4-6,19H,7-8H2,1-3H3,(H,25,30). The molecule has 0 aliphatic heterocycles. The lowest BCUT2D eigenvalue weighted by molar-refractivity contribution is -0.117. The maximum absolute atomic E-state index is 13.2. The molecule has 11 heteroatoms. The zero-order valence-corrected chi connectivity index (χ0v) is 17.8. The summed E-state index contributed by atoms with van der Waals surface area (Å²) in [6.45, 7) is 4.99. The van der Waals surface area contributed by atoms with E-state index < -0.39 is 23.8 Å². The van der Waals surface area contributed by atoms with Crippen molar-refractivity contribution in [3.05, 3.63) is 62.4 Å². The highest BCUT2D eigenvalue weighted by molar-refractivity contribution is 6.32. The molecule has 1 N–H and O–H groups in total. The Bertz CT molecular complexity index is 1110. The molecular formula is C19H18Cl2F3N5O. The molecule has 3 aromatic rings. The molecule has 30 heavy (non-hydrogen) atoms. The third-order valence-corrected chi connectivity index (χ3v) is 5.46. The molecule has 0 aliphatic carbocycles. The zero-order valence-electron chi connectivity index (χ0n) is 16.3. The lowest BCUT2D eigenvalue weighted by Gasteiger charge is -2.09. The molecular weight excluding hydrogens is 442 g/mol. The van der Waals surface area contributed by atoms with Gasteiger partial charge >= 0.3 is 0 Å². The summed E-state index contributed by atoms with van der Waals surface area (Å²) in [6.07, 6.45) is -2.83. The largest absolute Gasteiger partial charge is 0.321 e. The summed E-state index contributed by atoms with van der Waals surface area (Å²) < 4.78 is 41.9. The van der Waals surface area contributed by atoms with Gasteiger partial charge in [0.15, 0.2) is 0 Å². The Hall–Kier alpha value is -2.52. The molecule has 0 fully saturated rings. The molecule has 2 heterocycles. The number of aryl methyl sites for hydroxylation is 1. The number of anilines is 1. The number of rotatable bonds is 6. The second-order valence-corrected chi connectivity index (χ2v) is 7.52. The van der Waals surface area contributed by atoms with Crippen LogP contribution in [0.3, 0.4) is 0 Å². The molecule has 0 radical (unpaired) electrons. The average molecular weight is 460 g/mol. The van der Waals surface area contributed by atoms with Crippen molar-refractivity contribution in [1.29, 1.82) is 0 Å². The van der Waals surface area contributed by atoms with Crippen molar-refractivity contribution in [3.63, 3.8) is 0 Å². The third-order valence-electron chi connectivity index (χ3n) is 4.64. The number of alkyl halides is 2. The average Bonchev–Trinajstić information content (AvgIpc) is 3.09. The van der Waals surface area contributed by atoms with Crippen LogP contribution in [0.1, 0.15) is 34.8 Å². The number of hydrogen-bond donors (Lipinski definition) is 1. The van der Waals surface area contributed by atoms with E-state index in [1.54, 1.807) is 24.6 Å². The lowest BCUT2D eigenvalue weighted by Crippen LogP contribution is -2.21. The number of nitrogens with zero attached hydrogens (tertiary/aromatic N) is 4. The minimum Gasteiger partial charge on any atom is -0.321 e. The van der Waals surface area contributed by atoms with Crippen LogP contribution >= 0.6 is 23.2 Å². The first-order chi connectivity index (χ1) is 14.1. The van der Waals surface area contributed by atoms with E-state index in [1.165, 1.54) is 19.1 Å². The maximum atomic E-state index is 13.2. The molecule has 0 atom stereocenters. The number of amides is 1. The highest BCUT2D eigenvalue weighted by Gasteiger charge is 2.22. The van der Waals surface area contributed by atoms with Gasteiger partial charge in [-0.1, -0.05) is 29.3 Å². The quantitative estimate of drug-likeness (QED) is 0.559. The fourth-order valence-electron chi connectivity index (χ4n) is 3.00. The van der Waals surface area contributed by atoms with Crippen molar-refractivity contribution in [2.75, 3.05) is 5.32 Å². The summed E-state index contributed by atoms with van der Waals surface area (Å²) in [5, 5.41) is 11.0. The zero-order chi connectivity index (χ0) is 22.2. The topological polar surface area (TPSA) is 64.7 Å². The summed E-state index contributed by atoms with van der Waals surface area (Å²) >= 11 is 11.9. The molecule has 1 amide bonds. The van der Waals surface area contributed by atoms with E-state index in [-0.39, 0.29) is 28.8 Å². The predicted molar refractivity (Wildman–Crippen MR) is 108 cm³/mol. The van der Waals surface area contributed by atoms with Crippen molar-refractivity contribution < 1.29 is 18.0 Å². The van der Waals surface area contributed by atoms with Gasteiger partial charge in [0.25, 0.3) is 6.43 Å². The summed E-state index contributed by atoms with van der Waals surface area (Å²) in [5.74, 6) is -0.905.